The van der Waals surface area contributed by atoms with Crippen molar-refractivity contribution in [2.24, 2.45) is 0 Å². The quantitative estimate of drug-likeness (QED) is 0.543. The first kappa shape index (κ1) is 9.48. The van der Waals surface area contributed by atoms with E-state index in [1.54, 1.807) is 0 Å². The number of nitrogens with zero attached hydrogens (tertiary/aromatic N) is 1. The number of hydrogen-bond donors (Lipinski definition) is 1. The van der Waals surface area contributed by atoms with Crippen LogP contribution in [0.3, 0.4) is 0 Å². The minimum atomic E-state index is 0.835. The Labute approximate surface area is 103 Å². The van der Waals surface area contributed by atoms with Crippen molar-refractivity contribution in [3.8, 4) is 11.3 Å². The van der Waals surface area contributed by atoms with Crippen LogP contribution in [0.25, 0.3) is 33.3 Å². The topological polar surface area (TPSA) is 41.8 Å². The summed E-state index contributed by atoms with van der Waals surface area (Å²) in [6.45, 7) is 0. The summed E-state index contributed by atoms with van der Waals surface area (Å²) in [6, 6.07) is 16.0. The number of nitrogens with one attached hydrogen (secondary N) is 1. The van der Waals surface area contributed by atoms with E-state index < -0.39 is 0 Å². The summed E-state index contributed by atoms with van der Waals surface area (Å²) in [5, 5.41) is 1.10. The molecule has 2 heterocycles. The Hall–Kier alpha value is -2.55. The molecule has 2 aromatic heterocycles. The van der Waals surface area contributed by atoms with Gasteiger partial charge in [-0.05, 0) is 24.3 Å². The van der Waals surface area contributed by atoms with Crippen molar-refractivity contribution in [3.05, 3.63) is 54.9 Å². The molecule has 1 N–H and O–H groups in total. The number of hydrogen-bond acceptors (Lipinski definition) is 2. The van der Waals surface area contributed by atoms with Gasteiger partial charge >= 0.3 is 0 Å². The zero-order chi connectivity index (χ0) is 11.9. The molecule has 0 saturated heterocycles. The largest absolute Gasteiger partial charge is 0.456 e. The molecule has 85 valence electrons. The Morgan fingerprint density at radius 3 is 2.94 bits per heavy atom. The number of rotatable bonds is 1. The first-order valence-electron chi connectivity index (χ1n) is 5.75. The normalized spacial score (nSPS) is 11.3. The summed E-state index contributed by atoms with van der Waals surface area (Å²) in [5.41, 5.74) is 3.73. The Bertz CT molecular complexity index is 809. The smallest absolute Gasteiger partial charge is 0.174 e. The van der Waals surface area contributed by atoms with E-state index in [-0.39, 0.29) is 0 Å². The molecule has 0 fully saturated rings. The molecular weight excluding hydrogens is 224 g/mol. The van der Waals surface area contributed by atoms with Crippen LogP contribution in [0.2, 0.25) is 0 Å². The van der Waals surface area contributed by atoms with Crippen molar-refractivity contribution in [1.82, 2.24) is 9.97 Å². The number of H-pyrrole nitrogens is 1. The van der Waals surface area contributed by atoms with Gasteiger partial charge in [0.1, 0.15) is 16.9 Å². The summed E-state index contributed by atoms with van der Waals surface area (Å²) < 4.78 is 5.86. The van der Waals surface area contributed by atoms with Gasteiger partial charge in [-0.25, -0.2) is 4.98 Å². The Balaban J connectivity index is 2.04. The Morgan fingerprint density at radius 1 is 1.06 bits per heavy atom. The molecule has 1 radical (unpaired) electrons. The van der Waals surface area contributed by atoms with Crippen LogP contribution in [0.1, 0.15) is 0 Å². The number of imidazole rings is 1. The lowest BCUT2D eigenvalue weighted by molar-refractivity contribution is 0.632. The lowest BCUT2D eigenvalue weighted by Gasteiger charge is -1.97. The molecule has 3 heteroatoms. The minimum absolute atomic E-state index is 0.835. The van der Waals surface area contributed by atoms with Gasteiger partial charge in [-0.15, -0.1) is 0 Å². The van der Waals surface area contributed by atoms with Crippen molar-refractivity contribution in [2.75, 3.05) is 0 Å². The second-order valence-corrected chi connectivity index (χ2v) is 4.20. The molecule has 0 atom stereocenters. The highest BCUT2D eigenvalue weighted by atomic mass is 16.3. The SMILES string of the molecule is [c]1nc2c(-c3cc4ccccc4o3)cccc2[nH]1. The third-order valence-electron chi connectivity index (χ3n) is 3.09. The van der Waals surface area contributed by atoms with Crippen LogP contribution in [-0.2, 0) is 0 Å². The predicted octanol–water partition coefficient (Wildman–Crippen LogP) is 3.78. The van der Waals surface area contributed by atoms with Crippen LogP contribution in [0, 0.1) is 6.33 Å². The minimum Gasteiger partial charge on any atom is -0.456 e. The van der Waals surface area contributed by atoms with Crippen LogP contribution in [-0.4, -0.2) is 9.97 Å². The highest BCUT2D eigenvalue weighted by molar-refractivity contribution is 5.93. The molecule has 0 aliphatic rings. The summed E-state index contributed by atoms with van der Waals surface area (Å²) >= 11 is 0. The average molecular weight is 233 g/mol. The zero-order valence-electron chi connectivity index (χ0n) is 9.47. The van der Waals surface area contributed by atoms with Crippen LogP contribution in [0.5, 0.6) is 0 Å². The van der Waals surface area contributed by atoms with Crippen molar-refractivity contribution in [3.63, 3.8) is 0 Å². The van der Waals surface area contributed by atoms with Gasteiger partial charge in [0, 0.05) is 10.9 Å². The van der Waals surface area contributed by atoms with Crippen molar-refractivity contribution >= 4 is 22.0 Å². The average Bonchev–Trinajstić information content (AvgIpc) is 3.04. The highest BCUT2D eigenvalue weighted by Crippen LogP contribution is 2.31. The third kappa shape index (κ3) is 1.27. The second kappa shape index (κ2) is 3.47. The number of furan rings is 1. The molecule has 18 heavy (non-hydrogen) atoms. The summed E-state index contributed by atoms with van der Waals surface area (Å²) in [4.78, 5) is 7.21. The molecule has 0 amide bonds. The van der Waals surface area contributed by atoms with E-state index in [1.807, 2.05) is 48.5 Å². The lowest BCUT2D eigenvalue weighted by Crippen LogP contribution is -1.77. The number of aromatic nitrogens is 2. The number of fused-ring (bicyclic) bond motifs is 2. The van der Waals surface area contributed by atoms with E-state index in [0.717, 1.165) is 33.3 Å². The van der Waals surface area contributed by atoms with Crippen LogP contribution < -0.4 is 0 Å². The van der Waals surface area contributed by atoms with Gasteiger partial charge in [0.2, 0.25) is 0 Å². The Kier molecular flexibility index (Phi) is 1.83. The fourth-order valence-corrected chi connectivity index (χ4v) is 2.22. The maximum Gasteiger partial charge on any atom is 0.174 e. The lowest BCUT2D eigenvalue weighted by atomic mass is 10.1. The van der Waals surface area contributed by atoms with Crippen molar-refractivity contribution in [2.45, 2.75) is 0 Å². The van der Waals surface area contributed by atoms with Gasteiger partial charge in [0.15, 0.2) is 6.33 Å². The van der Waals surface area contributed by atoms with E-state index >= 15 is 0 Å². The molecule has 0 saturated carbocycles. The molecular formula is C15H9N2O. The van der Waals surface area contributed by atoms with Gasteiger partial charge in [-0.3, -0.25) is 0 Å². The van der Waals surface area contributed by atoms with Gasteiger partial charge < -0.3 is 9.40 Å². The summed E-state index contributed by atoms with van der Waals surface area (Å²) in [7, 11) is 0. The predicted molar refractivity (Wildman–Crippen MR) is 70.1 cm³/mol. The fraction of sp³-hybridized carbons (Fsp3) is 0. The maximum atomic E-state index is 5.86. The third-order valence-corrected chi connectivity index (χ3v) is 3.09. The van der Waals surface area contributed by atoms with E-state index in [1.165, 1.54) is 0 Å². The van der Waals surface area contributed by atoms with E-state index in [2.05, 4.69) is 16.3 Å². The standard InChI is InChI=1S/C15H9N2O/c1-2-7-13-10(4-1)8-14(18-13)11-5-3-6-12-15(11)17-9-16-12/h1-8H,(H,16,17). The number of aromatic amines is 1. The van der Waals surface area contributed by atoms with Crippen molar-refractivity contribution < 1.29 is 4.42 Å². The number of para-hydroxylation sites is 2. The van der Waals surface area contributed by atoms with Gasteiger partial charge in [-0.1, -0.05) is 24.3 Å². The fourth-order valence-electron chi connectivity index (χ4n) is 2.22. The molecule has 2 aromatic carbocycles. The van der Waals surface area contributed by atoms with Gasteiger partial charge in [-0.2, -0.15) is 0 Å². The van der Waals surface area contributed by atoms with E-state index in [0.29, 0.717) is 0 Å². The van der Waals surface area contributed by atoms with E-state index in [4.69, 9.17) is 4.42 Å². The van der Waals surface area contributed by atoms with Gasteiger partial charge in [0.05, 0.1) is 5.52 Å². The molecule has 0 aliphatic carbocycles. The molecule has 0 aliphatic heterocycles. The highest BCUT2D eigenvalue weighted by Gasteiger charge is 2.10. The second-order valence-electron chi connectivity index (χ2n) is 4.20. The van der Waals surface area contributed by atoms with Crippen LogP contribution in [0.15, 0.2) is 52.9 Å². The van der Waals surface area contributed by atoms with Gasteiger partial charge in [0.25, 0.3) is 0 Å². The Morgan fingerprint density at radius 2 is 2.00 bits per heavy atom. The summed E-state index contributed by atoms with van der Waals surface area (Å²) in [5.74, 6) is 0.835. The molecule has 0 spiro atoms. The first-order chi connectivity index (χ1) is 8.92. The van der Waals surface area contributed by atoms with E-state index in [9.17, 15) is 0 Å². The van der Waals surface area contributed by atoms with Crippen molar-refractivity contribution in [1.29, 1.82) is 0 Å². The summed E-state index contributed by atoms with van der Waals surface area (Å²) in [6.07, 6.45) is 2.76. The molecule has 4 rings (SSSR count). The molecule has 4 aromatic rings. The number of benzene rings is 2. The molecule has 0 unspecified atom stereocenters. The van der Waals surface area contributed by atoms with Crippen LogP contribution in [0.4, 0.5) is 0 Å². The zero-order valence-corrected chi connectivity index (χ0v) is 9.47. The maximum absolute atomic E-state index is 5.86. The monoisotopic (exact) mass is 233 g/mol. The van der Waals surface area contributed by atoms with Crippen LogP contribution >= 0.6 is 0 Å². The molecule has 3 nitrogen and oxygen atoms in total. The first-order valence-corrected chi connectivity index (χ1v) is 5.75. The molecule has 0 bridgehead atoms.